The zero-order chi connectivity index (χ0) is 11.3. The number of carbonyl (C=O) groups is 1. The Hall–Kier alpha value is -0.610. The van der Waals surface area contributed by atoms with Gasteiger partial charge < -0.3 is 9.84 Å². The van der Waals surface area contributed by atoms with Gasteiger partial charge >= 0.3 is 5.97 Å². The molecule has 0 bridgehead atoms. The zero-order valence-electron chi connectivity index (χ0n) is 9.61. The van der Waals surface area contributed by atoms with Gasteiger partial charge in [-0.2, -0.15) is 0 Å². The van der Waals surface area contributed by atoms with Gasteiger partial charge in [0.1, 0.15) is 6.04 Å². The van der Waals surface area contributed by atoms with E-state index >= 15 is 0 Å². The molecule has 0 amide bonds. The fraction of sp³-hybridized carbons (Fsp3) is 0.909. The summed E-state index contributed by atoms with van der Waals surface area (Å²) >= 11 is 0. The third-order valence-electron chi connectivity index (χ3n) is 3.19. The molecule has 1 unspecified atom stereocenters. The van der Waals surface area contributed by atoms with Crippen LogP contribution in [0.4, 0.5) is 0 Å². The normalized spacial score (nSPS) is 19.5. The zero-order valence-corrected chi connectivity index (χ0v) is 9.61. The smallest absolute Gasteiger partial charge is 0.322 e. The van der Waals surface area contributed by atoms with E-state index in [0.717, 1.165) is 12.8 Å². The maximum Gasteiger partial charge on any atom is 0.322 e. The topological polar surface area (TPSA) is 49.8 Å². The Morgan fingerprint density at radius 1 is 1.53 bits per heavy atom. The molecule has 88 valence electrons. The third kappa shape index (κ3) is 3.18. The van der Waals surface area contributed by atoms with E-state index in [1.165, 1.54) is 20.0 Å². The quantitative estimate of drug-likeness (QED) is 0.689. The molecule has 0 heterocycles. The molecule has 4 nitrogen and oxygen atoms in total. The fourth-order valence-corrected chi connectivity index (χ4v) is 2.35. The number of methoxy groups -OCH3 is 1. The molecule has 0 aromatic carbocycles. The predicted octanol–water partition coefficient (Wildman–Crippen LogP) is 0.785. The number of nitrogens with zero attached hydrogens (tertiary/aromatic N) is 1. The fourth-order valence-electron chi connectivity index (χ4n) is 2.35. The first kappa shape index (κ1) is 12.5. The Morgan fingerprint density at radius 3 is 2.60 bits per heavy atom. The Morgan fingerprint density at radius 2 is 2.13 bits per heavy atom. The summed E-state index contributed by atoms with van der Waals surface area (Å²) in [5.41, 5.74) is 0. The number of carbonyl (C=O) groups excluding carboxylic acids is 1. The van der Waals surface area contributed by atoms with E-state index in [-0.39, 0.29) is 18.6 Å². The molecule has 1 saturated carbocycles. The van der Waals surface area contributed by atoms with E-state index in [2.05, 4.69) is 4.90 Å². The molecule has 0 aliphatic heterocycles. The van der Waals surface area contributed by atoms with Crippen molar-refractivity contribution in [1.29, 1.82) is 0 Å². The van der Waals surface area contributed by atoms with Crippen LogP contribution in [0, 0.1) is 0 Å². The van der Waals surface area contributed by atoms with Gasteiger partial charge in [-0.3, -0.25) is 9.69 Å². The Kier molecular flexibility index (Phi) is 5.05. The lowest BCUT2D eigenvalue weighted by molar-refractivity contribution is -0.147. The minimum absolute atomic E-state index is 0.0951. The van der Waals surface area contributed by atoms with E-state index < -0.39 is 0 Å². The van der Waals surface area contributed by atoms with Crippen LogP contribution in [0.3, 0.4) is 0 Å². The van der Waals surface area contributed by atoms with Gasteiger partial charge in [-0.25, -0.2) is 0 Å². The molecule has 1 atom stereocenters. The lowest BCUT2D eigenvalue weighted by Crippen LogP contribution is -2.46. The van der Waals surface area contributed by atoms with Crippen LogP contribution in [0.25, 0.3) is 0 Å². The van der Waals surface area contributed by atoms with Crippen molar-refractivity contribution in [3.05, 3.63) is 0 Å². The van der Waals surface area contributed by atoms with Crippen molar-refractivity contribution >= 4 is 5.97 Å². The van der Waals surface area contributed by atoms with Crippen LogP contribution >= 0.6 is 0 Å². The van der Waals surface area contributed by atoms with Gasteiger partial charge in [0.15, 0.2) is 0 Å². The molecule has 0 aromatic rings. The van der Waals surface area contributed by atoms with Gasteiger partial charge in [-0.15, -0.1) is 0 Å². The van der Waals surface area contributed by atoms with E-state index in [1.54, 1.807) is 0 Å². The molecule has 1 rings (SSSR count). The maximum atomic E-state index is 11.4. The van der Waals surface area contributed by atoms with Crippen molar-refractivity contribution in [1.82, 2.24) is 4.90 Å². The van der Waals surface area contributed by atoms with Crippen molar-refractivity contribution in [2.24, 2.45) is 0 Å². The number of ether oxygens (including phenoxy) is 1. The standard InChI is InChI=1S/C11H21NO3/c1-9(11(14)15-2)12(7-8-13)10-5-3-4-6-10/h9-10,13H,3-8H2,1-2H3. The van der Waals surface area contributed by atoms with Crippen LogP contribution in [0.5, 0.6) is 0 Å². The van der Waals surface area contributed by atoms with Crippen LogP contribution in [-0.4, -0.2) is 48.3 Å². The first-order chi connectivity index (χ1) is 7.20. The van der Waals surface area contributed by atoms with Crippen LogP contribution < -0.4 is 0 Å². The van der Waals surface area contributed by atoms with E-state index in [4.69, 9.17) is 9.84 Å². The number of hydrogen-bond donors (Lipinski definition) is 1. The number of rotatable bonds is 5. The highest BCUT2D eigenvalue weighted by Gasteiger charge is 2.29. The number of aliphatic hydroxyl groups is 1. The van der Waals surface area contributed by atoms with Gasteiger partial charge in [-0.05, 0) is 19.8 Å². The molecular formula is C11H21NO3. The number of hydrogen-bond acceptors (Lipinski definition) is 4. The first-order valence-electron chi connectivity index (χ1n) is 5.65. The summed E-state index contributed by atoms with van der Waals surface area (Å²) in [5, 5.41) is 9.01. The van der Waals surface area contributed by atoms with Gasteiger partial charge in [0, 0.05) is 12.6 Å². The summed E-state index contributed by atoms with van der Waals surface area (Å²) in [6.07, 6.45) is 4.70. The molecule has 1 fully saturated rings. The Balaban J connectivity index is 2.58. The third-order valence-corrected chi connectivity index (χ3v) is 3.19. The highest BCUT2D eigenvalue weighted by atomic mass is 16.5. The van der Waals surface area contributed by atoms with E-state index in [0.29, 0.717) is 12.6 Å². The summed E-state index contributed by atoms with van der Waals surface area (Å²) < 4.78 is 4.74. The van der Waals surface area contributed by atoms with Crippen molar-refractivity contribution in [2.45, 2.75) is 44.7 Å². The van der Waals surface area contributed by atoms with Gasteiger partial charge in [0.25, 0.3) is 0 Å². The minimum Gasteiger partial charge on any atom is -0.468 e. The monoisotopic (exact) mass is 215 g/mol. The molecule has 4 heteroatoms. The number of esters is 1. The lowest BCUT2D eigenvalue weighted by atomic mass is 10.1. The van der Waals surface area contributed by atoms with E-state index in [1.807, 2.05) is 6.92 Å². The highest BCUT2D eigenvalue weighted by molar-refractivity contribution is 5.75. The summed E-state index contributed by atoms with van der Waals surface area (Å²) in [7, 11) is 1.41. The van der Waals surface area contributed by atoms with Gasteiger partial charge in [-0.1, -0.05) is 12.8 Å². The summed E-state index contributed by atoms with van der Waals surface area (Å²) in [6, 6.07) is 0.191. The second-order valence-electron chi connectivity index (χ2n) is 4.10. The second-order valence-corrected chi connectivity index (χ2v) is 4.10. The Labute approximate surface area is 91.2 Å². The van der Waals surface area contributed by atoms with Crippen LogP contribution in [0.15, 0.2) is 0 Å². The second kappa shape index (κ2) is 6.08. The summed E-state index contributed by atoms with van der Waals surface area (Å²) in [4.78, 5) is 13.5. The molecule has 0 radical (unpaired) electrons. The largest absolute Gasteiger partial charge is 0.468 e. The lowest BCUT2D eigenvalue weighted by Gasteiger charge is -2.32. The maximum absolute atomic E-state index is 11.4. The van der Waals surface area contributed by atoms with Crippen LogP contribution in [0.1, 0.15) is 32.6 Å². The van der Waals surface area contributed by atoms with Gasteiger partial charge in [0.05, 0.1) is 13.7 Å². The average molecular weight is 215 g/mol. The van der Waals surface area contributed by atoms with Crippen molar-refractivity contribution in [3.8, 4) is 0 Å². The molecule has 0 saturated heterocycles. The molecule has 1 aliphatic carbocycles. The average Bonchev–Trinajstić information content (AvgIpc) is 2.77. The molecule has 0 spiro atoms. The highest BCUT2D eigenvalue weighted by Crippen LogP contribution is 2.25. The first-order valence-corrected chi connectivity index (χ1v) is 5.65. The molecule has 0 aromatic heterocycles. The minimum atomic E-state index is -0.245. The van der Waals surface area contributed by atoms with Crippen molar-refractivity contribution < 1.29 is 14.6 Å². The SMILES string of the molecule is COC(=O)C(C)N(CCO)C1CCCC1. The molecular weight excluding hydrogens is 194 g/mol. The molecule has 1 N–H and O–H groups in total. The van der Waals surface area contributed by atoms with Gasteiger partial charge in [0.2, 0.25) is 0 Å². The predicted molar refractivity (Wildman–Crippen MR) is 57.5 cm³/mol. The number of aliphatic hydroxyl groups excluding tert-OH is 1. The Bertz CT molecular complexity index is 202. The van der Waals surface area contributed by atoms with Crippen molar-refractivity contribution in [2.75, 3.05) is 20.3 Å². The molecule has 15 heavy (non-hydrogen) atoms. The summed E-state index contributed by atoms with van der Waals surface area (Å²) in [6.45, 7) is 2.50. The van der Waals surface area contributed by atoms with Crippen LogP contribution in [-0.2, 0) is 9.53 Å². The van der Waals surface area contributed by atoms with E-state index in [9.17, 15) is 4.79 Å². The van der Waals surface area contributed by atoms with Crippen LogP contribution in [0.2, 0.25) is 0 Å². The molecule has 1 aliphatic rings. The van der Waals surface area contributed by atoms with Crippen molar-refractivity contribution in [3.63, 3.8) is 0 Å². The summed E-state index contributed by atoms with van der Waals surface area (Å²) in [5.74, 6) is -0.213.